The van der Waals surface area contributed by atoms with Crippen molar-refractivity contribution in [2.75, 3.05) is 11.4 Å². The third kappa shape index (κ3) is 4.12. The van der Waals surface area contributed by atoms with E-state index in [1.807, 2.05) is 18.2 Å². The molecule has 1 heterocycles. The van der Waals surface area contributed by atoms with Crippen molar-refractivity contribution < 1.29 is 14.3 Å². The first kappa shape index (κ1) is 19.7. The molecule has 0 N–H and O–H groups in total. The van der Waals surface area contributed by atoms with E-state index in [-0.39, 0.29) is 24.8 Å². The number of para-hydroxylation sites is 1. The van der Waals surface area contributed by atoms with Crippen LogP contribution < -0.4 is 9.64 Å². The molecule has 0 bridgehead atoms. The van der Waals surface area contributed by atoms with Crippen molar-refractivity contribution in [2.24, 2.45) is 5.92 Å². The highest BCUT2D eigenvalue weighted by atomic mass is 35.5. The zero-order valence-electron chi connectivity index (χ0n) is 15.2. The number of rotatable bonds is 5. The first-order chi connectivity index (χ1) is 12.9. The van der Waals surface area contributed by atoms with Crippen molar-refractivity contribution in [3.63, 3.8) is 0 Å². The molecule has 0 radical (unpaired) electrons. The number of hydrogen-bond donors (Lipinski definition) is 0. The molecule has 0 aromatic heterocycles. The summed E-state index contributed by atoms with van der Waals surface area (Å²) in [5.41, 5.74) is 1.51. The number of esters is 1. The molecule has 1 aliphatic rings. The Morgan fingerprint density at radius 2 is 1.96 bits per heavy atom. The van der Waals surface area contributed by atoms with Gasteiger partial charge in [-0.15, -0.1) is 0 Å². The average Bonchev–Trinajstić information content (AvgIpc) is 3.05. The maximum Gasteiger partial charge on any atom is 0.316 e. The van der Waals surface area contributed by atoms with E-state index in [1.165, 1.54) is 4.90 Å². The van der Waals surface area contributed by atoms with Crippen molar-refractivity contribution in [2.45, 2.75) is 32.6 Å². The summed E-state index contributed by atoms with van der Waals surface area (Å²) in [6.45, 7) is 4.41. The van der Waals surface area contributed by atoms with Crippen molar-refractivity contribution in [3.8, 4) is 5.75 Å². The fourth-order valence-electron chi connectivity index (χ4n) is 3.19. The highest BCUT2D eigenvalue weighted by molar-refractivity contribution is 6.44. The quantitative estimate of drug-likeness (QED) is 0.489. The number of benzene rings is 2. The number of anilines is 1. The van der Waals surface area contributed by atoms with Gasteiger partial charge in [-0.25, -0.2) is 0 Å². The summed E-state index contributed by atoms with van der Waals surface area (Å²) < 4.78 is 5.66. The van der Waals surface area contributed by atoms with E-state index in [0.717, 1.165) is 12.0 Å². The van der Waals surface area contributed by atoms with Gasteiger partial charge in [0.05, 0.1) is 21.7 Å². The van der Waals surface area contributed by atoms with E-state index in [1.54, 1.807) is 24.3 Å². The van der Waals surface area contributed by atoms with Crippen LogP contribution in [0.3, 0.4) is 0 Å². The van der Waals surface area contributed by atoms with Crippen LogP contribution in [-0.2, 0) is 9.59 Å². The molecule has 1 amide bonds. The van der Waals surface area contributed by atoms with Crippen molar-refractivity contribution in [1.29, 1.82) is 0 Å². The lowest BCUT2D eigenvalue weighted by atomic mass is 9.98. The minimum Gasteiger partial charge on any atom is -0.426 e. The van der Waals surface area contributed by atoms with Crippen molar-refractivity contribution in [1.82, 2.24) is 0 Å². The SMILES string of the molecule is CC[C@@H](C)c1ccccc1OC(=O)[C@@H]1CC(=O)N(c2cccc(Cl)c2Cl)C1. The Morgan fingerprint density at radius 1 is 1.22 bits per heavy atom. The molecule has 2 aromatic carbocycles. The minimum atomic E-state index is -0.544. The average molecular weight is 406 g/mol. The summed E-state index contributed by atoms with van der Waals surface area (Å²) in [5.74, 6) is -0.280. The van der Waals surface area contributed by atoms with Gasteiger partial charge in [-0.1, -0.05) is 61.3 Å². The summed E-state index contributed by atoms with van der Waals surface area (Å²) in [6, 6.07) is 12.6. The van der Waals surface area contributed by atoms with E-state index in [0.29, 0.717) is 21.5 Å². The molecule has 0 unspecified atom stereocenters. The van der Waals surface area contributed by atoms with E-state index >= 15 is 0 Å². The number of amides is 1. The lowest BCUT2D eigenvalue weighted by molar-refractivity contribution is -0.139. The highest BCUT2D eigenvalue weighted by Gasteiger charge is 2.37. The van der Waals surface area contributed by atoms with Gasteiger partial charge in [0.2, 0.25) is 5.91 Å². The largest absolute Gasteiger partial charge is 0.426 e. The fraction of sp³-hybridized carbons (Fsp3) is 0.333. The molecule has 1 fully saturated rings. The molecule has 0 spiro atoms. The molecular weight excluding hydrogens is 385 g/mol. The van der Waals surface area contributed by atoms with Gasteiger partial charge in [0.25, 0.3) is 0 Å². The topological polar surface area (TPSA) is 46.6 Å². The molecule has 6 heteroatoms. The predicted octanol–water partition coefficient (Wildman–Crippen LogP) is 5.47. The Labute approximate surface area is 169 Å². The molecule has 0 saturated carbocycles. The summed E-state index contributed by atoms with van der Waals surface area (Å²) in [6.07, 6.45) is 1.03. The Morgan fingerprint density at radius 3 is 2.70 bits per heavy atom. The Balaban J connectivity index is 1.76. The highest BCUT2D eigenvalue weighted by Crippen LogP contribution is 2.36. The molecule has 1 saturated heterocycles. The van der Waals surface area contributed by atoms with Gasteiger partial charge < -0.3 is 9.64 Å². The summed E-state index contributed by atoms with van der Waals surface area (Å²) >= 11 is 12.3. The van der Waals surface area contributed by atoms with Crippen LogP contribution in [0.4, 0.5) is 5.69 Å². The summed E-state index contributed by atoms with van der Waals surface area (Å²) in [5, 5.41) is 0.680. The minimum absolute atomic E-state index is 0.0905. The van der Waals surface area contributed by atoms with Gasteiger partial charge in [-0.2, -0.15) is 0 Å². The second-order valence-electron chi connectivity index (χ2n) is 6.75. The number of hydrogen-bond acceptors (Lipinski definition) is 3. The standard InChI is InChI=1S/C21H21Cl2NO3/c1-3-13(2)15-7-4-5-10-18(15)27-21(26)14-11-19(25)24(12-14)17-9-6-8-16(22)20(17)23/h4-10,13-14H,3,11-12H2,1-2H3/t13-,14-/m1/s1. The molecular formula is C21H21Cl2NO3. The third-order valence-electron chi connectivity index (χ3n) is 4.95. The summed E-state index contributed by atoms with van der Waals surface area (Å²) in [4.78, 5) is 26.6. The van der Waals surface area contributed by atoms with Crippen LogP contribution in [0.15, 0.2) is 42.5 Å². The number of carbonyl (C=O) groups excluding carboxylic acids is 2. The van der Waals surface area contributed by atoms with E-state index in [9.17, 15) is 9.59 Å². The van der Waals surface area contributed by atoms with Gasteiger partial charge >= 0.3 is 5.97 Å². The van der Waals surface area contributed by atoms with E-state index in [2.05, 4.69) is 13.8 Å². The lowest BCUT2D eigenvalue weighted by Crippen LogP contribution is -2.27. The second kappa shape index (κ2) is 8.32. The molecule has 2 aromatic rings. The lowest BCUT2D eigenvalue weighted by Gasteiger charge is -2.19. The Hall–Kier alpha value is -2.04. The number of ether oxygens (including phenoxy) is 1. The van der Waals surface area contributed by atoms with Crippen molar-refractivity contribution >= 4 is 40.8 Å². The summed E-state index contributed by atoms with van der Waals surface area (Å²) in [7, 11) is 0. The van der Waals surface area contributed by atoms with Crippen LogP contribution in [0.1, 0.15) is 38.2 Å². The molecule has 2 atom stereocenters. The van der Waals surface area contributed by atoms with Crippen LogP contribution >= 0.6 is 23.2 Å². The van der Waals surface area contributed by atoms with Crippen LogP contribution in [-0.4, -0.2) is 18.4 Å². The monoisotopic (exact) mass is 405 g/mol. The molecule has 27 heavy (non-hydrogen) atoms. The predicted molar refractivity (Wildman–Crippen MR) is 108 cm³/mol. The van der Waals surface area contributed by atoms with Crippen LogP contribution in [0.2, 0.25) is 10.0 Å². The van der Waals surface area contributed by atoms with Gasteiger partial charge in [0.1, 0.15) is 5.75 Å². The molecule has 1 aliphatic heterocycles. The smallest absolute Gasteiger partial charge is 0.316 e. The zero-order valence-corrected chi connectivity index (χ0v) is 16.8. The molecule has 3 rings (SSSR count). The Bertz CT molecular complexity index is 868. The zero-order chi connectivity index (χ0) is 19.6. The fourth-order valence-corrected chi connectivity index (χ4v) is 3.59. The van der Waals surface area contributed by atoms with Crippen LogP contribution in [0.5, 0.6) is 5.75 Å². The van der Waals surface area contributed by atoms with Gasteiger partial charge in [0.15, 0.2) is 0 Å². The number of nitrogens with zero attached hydrogens (tertiary/aromatic N) is 1. The first-order valence-corrected chi connectivity index (χ1v) is 9.73. The maximum absolute atomic E-state index is 12.7. The number of carbonyl (C=O) groups is 2. The van der Waals surface area contributed by atoms with Gasteiger partial charge in [-0.3, -0.25) is 9.59 Å². The molecule has 142 valence electrons. The normalized spacial score (nSPS) is 17.9. The second-order valence-corrected chi connectivity index (χ2v) is 7.53. The van der Waals surface area contributed by atoms with Crippen LogP contribution in [0.25, 0.3) is 0 Å². The molecule has 4 nitrogen and oxygen atoms in total. The first-order valence-electron chi connectivity index (χ1n) is 8.97. The Kier molecular flexibility index (Phi) is 6.08. The van der Waals surface area contributed by atoms with Gasteiger partial charge in [-0.05, 0) is 36.1 Å². The van der Waals surface area contributed by atoms with E-state index < -0.39 is 11.9 Å². The third-order valence-corrected chi connectivity index (χ3v) is 5.76. The number of halogens is 2. The van der Waals surface area contributed by atoms with Crippen LogP contribution in [0, 0.1) is 5.92 Å². The van der Waals surface area contributed by atoms with Gasteiger partial charge in [0, 0.05) is 13.0 Å². The molecule has 0 aliphatic carbocycles. The maximum atomic E-state index is 12.7. The van der Waals surface area contributed by atoms with E-state index in [4.69, 9.17) is 27.9 Å². The van der Waals surface area contributed by atoms with Crippen molar-refractivity contribution in [3.05, 3.63) is 58.1 Å².